The number of carbonyl (C=O) groups excluding carboxylic acids is 1. The van der Waals surface area contributed by atoms with Crippen LogP contribution in [0.5, 0.6) is 0 Å². The molecule has 48 heavy (non-hydrogen) atoms. The second kappa shape index (κ2) is 31.4. The van der Waals surface area contributed by atoms with Gasteiger partial charge in [-0.15, -0.1) is 0 Å². The van der Waals surface area contributed by atoms with Crippen LogP contribution in [0.15, 0.2) is 48.6 Å². The van der Waals surface area contributed by atoms with Crippen LogP contribution in [-0.2, 0) is 18.4 Å². The third-order valence-electron chi connectivity index (χ3n) is 8.04. The lowest BCUT2D eigenvalue weighted by atomic mass is 10.1. The summed E-state index contributed by atoms with van der Waals surface area (Å²) in [6, 6.07) is -0.850. The van der Waals surface area contributed by atoms with E-state index in [9.17, 15) is 19.4 Å². The summed E-state index contributed by atoms with van der Waals surface area (Å²) in [6.07, 6.45) is 37.6. The van der Waals surface area contributed by atoms with Gasteiger partial charge in [0.15, 0.2) is 0 Å². The summed E-state index contributed by atoms with van der Waals surface area (Å²) in [7, 11) is 1.55. The number of hydrogen-bond acceptors (Lipinski definition) is 5. The third-order valence-corrected chi connectivity index (χ3v) is 9.03. The Morgan fingerprint density at radius 1 is 0.708 bits per heavy atom. The lowest BCUT2D eigenvalue weighted by molar-refractivity contribution is -0.870. The van der Waals surface area contributed by atoms with Crippen molar-refractivity contribution >= 4 is 13.7 Å². The van der Waals surface area contributed by atoms with E-state index in [1.165, 1.54) is 57.8 Å². The molecule has 3 unspecified atom stereocenters. The fourth-order valence-electron chi connectivity index (χ4n) is 4.93. The third kappa shape index (κ3) is 33.0. The molecule has 0 aliphatic rings. The van der Waals surface area contributed by atoms with Gasteiger partial charge in [0.2, 0.25) is 5.91 Å². The molecule has 0 saturated carbocycles. The highest BCUT2D eigenvalue weighted by atomic mass is 31.2. The van der Waals surface area contributed by atoms with Crippen LogP contribution in [0, 0.1) is 0 Å². The quantitative estimate of drug-likeness (QED) is 0.0273. The van der Waals surface area contributed by atoms with Crippen molar-refractivity contribution in [3.05, 3.63) is 48.6 Å². The molecule has 8 nitrogen and oxygen atoms in total. The second-order valence-electron chi connectivity index (χ2n) is 13.9. The number of unbranched alkanes of at least 4 members (excludes halogenated alkanes) is 14. The average molecular weight is 698 g/mol. The van der Waals surface area contributed by atoms with Gasteiger partial charge >= 0.3 is 7.82 Å². The highest BCUT2D eigenvalue weighted by Gasteiger charge is 2.27. The number of rotatable bonds is 33. The van der Waals surface area contributed by atoms with E-state index in [2.05, 4.69) is 55.6 Å². The Morgan fingerprint density at radius 2 is 1.19 bits per heavy atom. The monoisotopic (exact) mass is 698 g/mol. The lowest BCUT2D eigenvalue weighted by Crippen LogP contribution is -2.45. The minimum absolute atomic E-state index is 0.0562. The summed E-state index contributed by atoms with van der Waals surface area (Å²) in [6.45, 7) is 4.68. The molecule has 0 saturated heterocycles. The van der Waals surface area contributed by atoms with Gasteiger partial charge in [-0.2, -0.15) is 0 Å². The van der Waals surface area contributed by atoms with Crippen molar-refractivity contribution in [2.24, 2.45) is 0 Å². The van der Waals surface area contributed by atoms with Gasteiger partial charge < -0.3 is 19.8 Å². The zero-order valence-electron chi connectivity index (χ0n) is 31.5. The maximum atomic E-state index is 12.7. The van der Waals surface area contributed by atoms with Crippen molar-refractivity contribution in [1.82, 2.24) is 5.32 Å². The molecule has 0 aromatic heterocycles. The Morgan fingerprint density at radius 3 is 1.77 bits per heavy atom. The van der Waals surface area contributed by atoms with Gasteiger partial charge in [-0.3, -0.25) is 13.8 Å². The molecule has 280 valence electrons. The Labute approximate surface area is 295 Å². The highest BCUT2D eigenvalue weighted by Crippen LogP contribution is 2.43. The van der Waals surface area contributed by atoms with Gasteiger partial charge in [-0.1, -0.05) is 127 Å². The van der Waals surface area contributed by atoms with Crippen LogP contribution in [-0.4, -0.2) is 73.4 Å². The first-order chi connectivity index (χ1) is 23.0. The highest BCUT2D eigenvalue weighted by molar-refractivity contribution is 7.47. The summed E-state index contributed by atoms with van der Waals surface area (Å²) in [4.78, 5) is 22.9. The Bertz CT molecular complexity index is 928. The number of allylic oxidation sites excluding steroid dienone is 7. The van der Waals surface area contributed by atoms with Crippen LogP contribution in [0.2, 0.25) is 0 Å². The molecule has 0 aromatic carbocycles. The summed E-state index contributed by atoms with van der Waals surface area (Å²) in [5.41, 5.74) is 0. The topological polar surface area (TPSA) is 105 Å². The van der Waals surface area contributed by atoms with Crippen molar-refractivity contribution < 1.29 is 32.9 Å². The zero-order valence-corrected chi connectivity index (χ0v) is 32.4. The largest absolute Gasteiger partial charge is 0.472 e. The maximum Gasteiger partial charge on any atom is 0.472 e. The molecule has 0 spiro atoms. The Hall–Kier alpha value is -1.54. The van der Waals surface area contributed by atoms with Gasteiger partial charge in [0.1, 0.15) is 13.2 Å². The van der Waals surface area contributed by atoms with Crippen molar-refractivity contribution in [2.45, 2.75) is 154 Å². The lowest BCUT2D eigenvalue weighted by Gasteiger charge is -2.25. The molecule has 0 rings (SSSR count). The maximum absolute atomic E-state index is 12.7. The van der Waals surface area contributed by atoms with Gasteiger partial charge in [-0.25, -0.2) is 4.57 Å². The number of aliphatic hydroxyl groups excluding tert-OH is 1. The molecule has 0 aromatic rings. The van der Waals surface area contributed by atoms with Gasteiger partial charge in [0.05, 0.1) is 39.9 Å². The van der Waals surface area contributed by atoms with E-state index in [1.807, 2.05) is 27.2 Å². The first-order valence-electron chi connectivity index (χ1n) is 19.0. The minimum Gasteiger partial charge on any atom is -0.387 e. The second-order valence-corrected chi connectivity index (χ2v) is 15.4. The molecule has 1 amide bonds. The fraction of sp³-hybridized carbons (Fsp3) is 0.769. The number of nitrogens with one attached hydrogen (secondary N) is 1. The SMILES string of the molecule is CCCCC/C=C\C/C=C\C/C=C\CCCCCCCCC(=O)NC(COP(=O)(O)OCC[N+](C)(C)C)C(O)/C=C/CCCCCCC. The minimum atomic E-state index is -4.33. The standard InChI is InChI=1S/C39H73N2O6P/c1-6-8-10-12-14-15-16-17-18-19-20-21-22-23-24-25-27-29-31-33-39(43)40-37(38(42)32-30-28-26-13-11-9-7-2)36-47-48(44,45)46-35-34-41(3,4)5/h14-15,17-18,20-21,30,32,37-38,42H,6-13,16,19,22-29,31,33-36H2,1-5H3,(H-,40,43,44,45)/p+1/b15-14-,18-17-,21-20-,32-30+. The van der Waals surface area contributed by atoms with E-state index in [0.29, 0.717) is 17.4 Å². The van der Waals surface area contributed by atoms with Crippen LogP contribution in [0.25, 0.3) is 0 Å². The normalized spacial score (nSPS) is 15.2. The number of quaternary nitrogens is 1. The molecule has 0 aliphatic carbocycles. The first-order valence-corrected chi connectivity index (χ1v) is 20.5. The summed E-state index contributed by atoms with van der Waals surface area (Å²) >= 11 is 0. The molecule has 0 radical (unpaired) electrons. The van der Waals surface area contributed by atoms with Crippen LogP contribution >= 0.6 is 7.82 Å². The van der Waals surface area contributed by atoms with Crippen molar-refractivity contribution in [1.29, 1.82) is 0 Å². The van der Waals surface area contributed by atoms with Crippen molar-refractivity contribution in [3.8, 4) is 0 Å². The van der Waals surface area contributed by atoms with Crippen molar-refractivity contribution in [2.75, 3.05) is 40.9 Å². The number of phosphoric ester groups is 1. The molecule has 3 atom stereocenters. The summed E-state index contributed by atoms with van der Waals surface area (Å²) in [5.74, 6) is -0.198. The van der Waals surface area contributed by atoms with Crippen LogP contribution in [0.1, 0.15) is 142 Å². The average Bonchev–Trinajstić information content (AvgIpc) is 3.02. The van der Waals surface area contributed by atoms with Gasteiger partial charge in [0.25, 0.3) is 0 Å². The van der Waals surface area contributed by atoms with Crippen LogP contribution in [0.4, 0.5) is 0 Å². The summed E-state index contributed by atoms with van der Waals surface area (Å²) in [5, 5.41) is 13.6. The Balaban J connectivity index is 4.39. The zero-order chi connectivity index (χ0) is 35.8. The van der Waals surface area contributed by atoms with Gasteiger partial charge in [-0.05, 0) is 57.8 Å². The number of nitrogens with zero attached hydrogens (tertiary/aromatic N) is 1. The number of amides is 1. The smallest absolute Gasteiger partial charge is 0.387 e. The number of aliphatic hydroxyl groups is 1. The van der Waals surface area contributed by atoms with E-state index in [1.54, 1.807) is 6.08 Å². The first kappa shape index (κ1) is 46.5. The molecule has 0 fully saturated rings. The van der Waals surface area contributed by atoms with Crippen molar-refractivity contribution in [3.63, 3.8) is 0 Å². The number of phosphoric acid groups is 1. The summed E-state index contributed by atoms with van der Waals surface area (Å²) < 4.78 is 23.3. The molecule has 0 heterocycles. The predicted octanol–water partition coefficient (Wildman–Crippen LogP) is 9.74. The molecule has 0 bridgehead atoms. The molecule has 3 N–H and O–H groups in total. The van der Waals surface area contributed by atoms with E-state index in [4.69, 9.17) is 9.05 Å². The van der Waals surface area contributed by atoms with Crippen LogP contribution in [0.3, 0.4) is 0 Å². The molecular weight excluding hydrogens is 623 g/mol. The Kier molecular flexibility index (Phi) is 30.4. The number of likely N-dealkylation sites (N-methyl/N-ethyl adjacent to an activating group) is 1. The molecular formula is C39H74N2O6P+. The fourth-order valence-corrected chi connectivity index (χ4v) is 5.66. The van der Waals surface area contributed by atoms with Crippen LogP contribution < -0.4 is 5.32 Å². The van der Waals surface area contributed by atoms with E-state index in [-0.39, 0.29) is 19.1 Å². The van der Waals surface area contributed by atoms with E-state index >= 15 is 0 Å². The molecule has 0 aliphatic heterocycles. The van der Waals surface area contributed by atoms with E-state index < -0.39 is 20.0 Å². The molecule has 9 heteroatoms. The number of hydrogen-bond donors (Lipinski definition) is 3. The number of carbonyl (C=O) groups is 1. The van der Waals surface area contributed by atoms with Gasteiger partial charge in [0, 0.05) is 6.42 Å². The van der Waals surface area contributed by atoms with E-state index in [0.717, 1.165) is 64.2 Å². The predicted molar refractivity (Wildman–Crippen MR) is 203 cm³/mol.